The summed E-state index contributed by atoms with van der Waals surface area (Å²) in [7, 11) is 0. The highest BCUT2D eigenvalue weighted by Gasteiger charge is 2.47. The van der Waals surface area contributed by atoms with Crippen LogP contribution in [-0.4, -0.2) is 52.0 Å². The number of thioether (sulfide) groups is 1. The largest absolute Gasteiger partial charge is 0.416 e. The molecular formula is C22H21F4N3O2S. The minimum absolute atomic E-state index is 0.0269. The molecule has 3 amide bonds. The molecule has 2 aromatic carbocycles. The fourth-order valence-corrected chi connectivity index (χ4v) is 5.58. The Kier molecular flexibility index (Phi) is 6.07. The minimum atomic E-state index is -4.49. The Hall–Kier alpha value is -2.75. The molecule has 0 bridgehead atoms. The molecule has 0 atom stereocenters. The maximum absolute atomic E-state index is 14.1. The number of halogens is 4. The molecule has 2 aliphatic rings. The second-order valence-corrected chi connectivity index (χ2v) is 9.18. The number of likely N-dealkylation sites (tertiary alicyclic amines) is 1. The van der Waals surface area contributed by atoms with Crippen LogP contribution in [0.5, 0.6) is 0 Å². The number of anilines is 1. The summed E-state index contributed by atoms with van der Waals surface area (Å²) in [5.74, 6) is -0.214. The first kappa shape index (κ1) is 22.4. The van der Waals surface area contributed by atoms with Crippen LogP contribution in [0.1, 0.15) is 28.8 Å². The van der Waals surface area contributed by atoms with Crippen molar-refractivity contribution < 1.29 is 27.2 Å². The fourth-order valence-electron chi connectivity index (χ4n) is 4.12. The van der Waals surface area contributed by atoms with Crippen LogP contribution in [0.25, 0.3) is 0 Å². The molecule has 0 aromatic heterocycles. The Bertz CT molecular complexity index is 1020. The highest BCUT2D eigenvalue weighted by molar-refractivity contribution is 8.00. The zero-order valence-electron chi connectivity index (χ0n) is 17.0. The van der Waals surface area contributed by atoms with E-state index in [9.17, 15) is 27.2 Å². The van der Waals surface area contributed by atoms with Gasteiger partial charge in [-0.3, -0.25) is 4.79 Å². The lowest BCUT2D eigenvalue weighted by Gasteiger charge is -2.44. The average Bonchev–Trinajstić information content (AvgIpc) is 3.16. The van der Waals surface area contributed by atoms with Gasteiger partial charge in [0.25, 0.3) is 5.91 Å². The Balaban J connectivity index is 1.41. The third-order valence-electron chi connectivity index (χ3n) is 5.80. The van der Waals surface area contributed by atoms with Gasteiger partial charge in [-0.2, -0.15) is 13.2 Å². The van der Waals surface area contributed by atoms with Crippen LogP contribution in [0.15, 0.2) is 48.5 Å². The Morgan fingerprint density at radius 3 is 2.41 bits per heavy atom. The van der Waals surface area contributed by atoms with Gasteiger partial charge in [-0.15, -0.1) is 11.8 Å². The summed E-state index contributed by atoms with van der Waals surface area (Å²) < 4.78 is 52.8. The predicted molar refractivity (Wildman–Crippen MR) is 114 cm³/mol. The average molecular weight is 467 g/mol. The van der Waals surface area contributed by atoms with Gasteiger partial charge in [0.2, 0.25) is 0 Å². The van der Waals surface area contributed by atoms with E-state index in [0.29, 0.717) is 32.5 Å². The van der Waals surface area contributed by atoms with E-state index in [0.717, 1.165) is 17.9 Å². The first-order valence-corrected chi connectivity index (χ1v) is 11.1. The second kappa shape index (κ2) is 8.65. The van der Waals surface area contributed by atoms with Crippen molar-refractivity contribution in [1.29, 1.82) is 0 Å². The third-order valence-corrected chi connectivity index (χ3v) is 7.35. The standard InChI is InChI=1S/C22H21F4N3O2S/c23-18-7-2-1-6-17(18)19(30)29-12-13-32-21(29)8-10-28(11-9-21)20(31)27-16-5-3-4-15(14-16)22(24,25)26/h1-7,14H,8-13H2,(H,27,31). The highest BCUT2D eigenvalue weighted by atomic mass is 32.2. The van der Waals surface area contributed by atoms with Gasteiger partial charge in [0, 0.05) is 31.1 Å². The summed E-state index contributed by atoms with van der Waals surface area (Å²) in [6.07, 6.45) is -3.51. The Morgan fingerprint density at radius 1 is 1.00 bits per heavy atom. The van der Waals surface area contributed by atoms with Crippen LogP contribution in [0.3, 0.4) is 0 Å². The van der Waals surface area contributed by atoms with E-state index >= 15 is 0 Å². The van der Waals surface area contributed by atoms with Gasteiger partial charge >= 0.3 is 12.2 Å². The number of rotatable bonds is 2. The van der Waals surface area contributed by atoms with Gasteiger partial charge in [0.05, 0.1) is 16.0 Å². The number of nitrogens with zero attached hydrogens (tertiary/aromatic N) is 2. The lowest BCUT2D eigenvalue weighted by atomic mass is 10.0. The van der Waals surface area contributed by atoms with E-state index in [-0.39, 0.29) is 17.2 Å². The molecule has 10 heteroatoms. The number of carbonyl (C=O) groups is 2. The molecule has 2 saturated heterocycles. The van der Waals surface area contributed by atoms with Crippen molar-refractivity contribution in [3.63, 3.8) is 0 Å². The number of nitrogens with one attached hydrogen (secondary N) is 1. The van der Waals surface area contributed by atoms with Crippen LogP contribution < -0.4 is 5.32 Å². The van der Waals surface area contributed by atoms with Gasteiger partial charge in [-0.25, -0.2) is 9.18 Å². The normalized spacial score (nSPS) is 18.1. The van der Waals surface area contributed by atoms with Crippen molar-refractivity contribution in [2.75, 3.05) is 30.7 Å². The molecule has 0 unspecified atom stereocenters. The van der Waals surface area contributed by atoms with Crippen LogP contribution >= 0.6 is 11.8 Å². The van der Waals surface area contributed by atoms with E-state index in [1.807, 2.05) is 0 Å². The number of piperidine rings is 1. The summed E-state index contributed by atoms with van der Waals surface area (Å²) in [6.45, 7) is 1.16. The molecule has 170 valence electrons. The van der Waals surface area contributed by atoms with Crippen LogP contribution in [-0.2, 0) is 6.18 Å². The van der Waals surface area contributed by atoms with Gasteiger partial charge in [-0.05, 0) is 43.2 Å². The summed E-state index contributed by atoms with van der Waals surface area (Å²) in [4.78, 5) is 28.3. The van der Waals surface area contributed by atoms with Crippen molar-refractivity contribution in [1.82, 2.24) is 9.80 Å². The minimum Gasteiger partial charge on any atom is -0.324 e. The van der Waals surface area contributed by atoms with E-state index in [1.165, 1.54) is 35.2 Å². The van der Waals surface area contributed by atoms with Crippen molar-refractivity contribution in [3.8, 4) is 0 Å². The predicted octanol–water partition coefficient (Wildman–Crippen LogP) is 5.06. The smallest absolute Gasteiger partial charge is 0.324 e. The van der Waals surface area contributed by atoms with E-state index in [2.05, 4.69) is 5.32 Å². The molecule has 5 nitrogen and oxygen atoms in total. The molecule has 2 aliphatic heterocycles. The third kappa shape index (κ3) is 4.41. The number of benzene rings is 2. The van der Waals surface area contributed by atoms with Crippen molar-refractivity contribution in [2.45, 2.75) is 23.9 Å². The summed E-state index contributed by atoms with van der Waals surface area (Å²) in [5.41, 5.74) is -0.742. The zero-order valence-corrected chi connectivity index (χ0v) is 17.8. The Labute approximate surface area is 186 Å². The first-order valence-electron chi connectivity index (χ1n) is 10.1. The molecule has 0 saturated carbocycles. The van der Waals surface area contributed by atoms with Gasteiger partial charge in [0.15, 0.2) is 0 Å². The quantitative estimate of drug-likeness (QED) is 0.629. The molecule has 0 aliphatic carbocycles. The van der Waals surface area contributed by atoms with E-state index < -0.39 is 28.5 Å². The molecule has 1 N–H and O–H groups in total. The number of carbonyl (C=O) groups excluding carboxylic acids is 2. The fraction of sp³-hybridized carbons (Fsp3) is 0.364. The van der Waals surface area contributed by atoms with Gasteiger partial charge in [0.1, 0.15) is 5.82 Å². The van der Waals surface area contributed by atoms with Crippen molar-refractivity contribution in [2.24, 2.45) is 0 Å². The number of hydrogen-bond acceptors (Lipinski definition) is 3. The summed E-state index contributed by atoms with van der Waals surface area (Å²) in [6, 6.07) is 9.86. The molecule has 2 fully saturated rings. The van der Waals surface area contributed by atoms with Gasteiger partial charge in [-0.1, -0.05) is 18.2 Å². The van der Waals surface area contributed by atoms with Crippen molar-refractivity contribution >= 4 is 29.4 Å². The first-order chi connectivity index (χ1) is 15.2. The lowest BCUT2D eigenvalue weighted by Crippen LogP contribution is -2.54. The monoisotopic (exact) mass is 467 g/mol. The Morgan fingerprint density at radius 2 is 1.72 bits per heavy atom. The van der Waals surface area contributed by atoms with Crippen LogP contribution in [0.2, 0.25) is 0 Å². The van der Waals surface area contributed by atoms with E-state index in [4.69, 9.17) is 0 Å². The van der Waals surface area contributed by atoms with Crippen LogP contribution in [0, 0.1) is 5.82 Å². The van der Waals surface area contributed by atoms with Gasteiger partial charge < -0.3 is 15.1 Å². The number of hydrogen-bond donors (Lipinski definition) is 1. The molecule has 4 rings (SSSR count). The molecular weight excluding hydrogens is 446 g/mol. The molecule has 2 heterocycles. The second-order valence-electron chi connectivity index (χ2n) is 7.73. The maximum Gasteiger partial charge on any atom is 0.416 e. The molecule has 0 radical (unpaired) electrons. The topological polar surface area (TPSA) is 52.7 Å². The van der Waals surface area contributed by atoms with E-state index in [1.54, 1.807) is 22.7 Å². The van der Waals surface area contributed by atoms with Crippen molar-refractivity contribution in [3.05, 3.63) is 65.5 Å². The number of amides is 3. The summed E-state index contributed by atoms with van der Waals surface area (Å²) >= 11 is 1.62. The molecule has 2 aromatic rings. The molecule has 1 spiro atoms. The highest BCUT2D eigenvalue weighted by Crippen LogP contribution is 2.44. The summed E-state index contributed by atoms with van der Waals surface area (Å²) in [5, 5.41) is 2.52. The zero-order chi connectivity index (χ0) is 22.9. The number of urea groups is 1. The SMILES string of the molecule is O=C(Nc1cccc(C(F)(F)F)c1)N1CCC2(CC1)SCCN2C(=O)c1ccccc1F. The molecule has 32 heavy (non-hydrogen) atoms. The number of alkyl halides is 3. The maximum atomic E-state index is 14.1. The van der Waals surface area contributed by atoms with Crippen LogP contribution in [0.4, 0.5) is 28.0 Å². The lowest BCUT2D eigenvalue weighted by molar-refractivity contribution is -0.137.